The van der Waals surface area contributed by atoms with Gasteiger partial charge >= 0.3 is 7.60 Å². The first-order valence-electron chi connectivity index (χ1n) is 5.03. The van der Waals surface area contributed by atoms with Gasteiger partial charge in [-0.1, -0.05) is 0 Å². The Balaban J connectivity index is 2.66. The van der Waals surface area contributed by atoms with Crippen LogP contribution in [0.5, 0.6) is 0 Å². The molecule has 0 amide bonds. The Hall–Kier alpha value is -0.180. The van der Waals surface area contributed by atoms with Gasteiger partial charge in [0.2, 0.25) is 0 Å². The van der Waals surface area contributed by atoms with Gasteiger partial charge in [-0.25, -0.2) is 0 Å². The molecule has 0 aromatic carbocycles. The van der Waals surface area contributed by atoms with Crippen LogP contribution in [0, 0.1) is 0 Å². The van der Waals surface area contributed by atoms with Crippen molar-refractivity contribution in [2.75, 3.05) is 13.2 Å². The minimum absolute atomic E-state index is 0.162. The predicted octanol–water partition coefficient (Wildman–Crippen LogP) is 2.37. The van der Waals surface area contributed by atoms with Crippen LogP contribution in [0.2, 0.25) is 0 Å². The Labute approximate surface area is 84.5 Å². The lowest BCUT2D eigenvalue weighted by Crippen LogP contribution is -2.10. The van der Waals surface area contributed by atoms with Crippen molar-refractivity contribution >= 4 is 13.4 Å². The minimum Gasteiger partial charge on any atom is -0.309 e. The summed E-state index contributed by atoms with van der Waals surface area (Å²) in [6, 6.07) is 0. The molecule has 1 aliphatic carbocycles. The van der Waals surface area contributed by atoms with Gasteiger partial charge in [0.15, 0.2) is 0 Å². The van der Waals surface area contributed by atoms with E-state index in [-0.39, 0.29) is 11.4 Å². The molecule has 0 unspecified atom stereocenters. The first kappa shape index (κ1) is 11.9. The van der Waals surface area contributed by atoms with Crippen molar-refractivity contribution in [3.63, 3.8) is 0 Å². The highest BCUT2D eigenvalue weighted by Crippen LogP contribution is 2.57. The van der Waals surface area contributed by atoms with E-state index in [1.54, 1.807) is 13.8 Å². The van der Waals surface area contributed by atoms with Crippen molar-refractivity contribution in [3.8, 4) is 0 Å². The molecule has 0 aromatic heterocycles. The molecule has 0 aromatic rings. The number of hydrogen-bond donors (Lipinski definition) is 0. The third-order valence-electron chi connectivity index (χ3n) is 2.28. The van der Waals surface area contributed by atoms with Crippen molar-refractivity contribution in [2.45, 2.75) is 38.8 Å². The minimum atomic E-state index is -3.03. The number of carbonyl (C=O) groups is 1. The topological polar surface area (TPSA) is 52.6 Å². The second-order valence-corrected chi connectivity index (χ2v) is 5.64. The molecule has 0 spiro atoms. The highest BCUT2D eigenvalue weighted by Gasteiger charge is 2.40. The number of hydrogen-bond acceptors (Lipinski definition) is 4. The van der Waals surface area contributed by atoms with Crippen molar-refractivity contribution in [3.05, 3.63) is 0 Å². The summed E-state index contributed by atoms with van der Waals surface area (Å²) >= 11 is 0. The summed E-state index contributed by atoms with van der Waals surface area (Å²) in [4.78, 5) is 11.1. The number of rotatable bonds is 5. The van der Waals surface area contributed by atoms with Gasteiger partial charge in [0.05, 0.1) is 18.9 Å². The van der Waals surface area contributed by atoms with E-state index in [1.165, 1.54) is 0 Å². The SMILES string of the molecule is CCOP(=O)(OCC)[C@@H]1CCC(=O)C1. The molecular formula is C9H17O4P. The molecule has 1 rings (SSSR count). The van der Waals surface area contributed by atoms with Gasteiger partial charge in [-0.05, 0) is 20.3 Å². The van der Waals surface area contributed by atoms with Crippen LogP contribution in [-0.4, -0.2) is 24.7 Å². The standard InChI is InChI=1S/C9H17O4P/c1-3-12-14(11,13-4-2)9-6-5-8(10)7-9/h9H,3-7H2,1-2H3/t9-/m1/s1. The highest BCUT2D eigenvalue weighted by atomic mass is 31.2. The fourth-order valence-electron chi connectivity index (χ4n) is 1.67. The van der Waals surface area contributed by atoms with Crippen LogP contribution in [0.3, 0.4) is 0 Å². The molecule has 0 heterocycles. The zero-order valence-corrected chi connectivity index (χ0v) is 9.59. The van der Waals surface area contributed by atoms with Crippen LogP contribution in [0.15, 0.2) is 0 Å². The lowest BCUT2D eigenvalue weighted by Gasteiger charge is -2.21. The molecule has 0 radical (unpaired) electrons. The summed E-state index contributed by atoms with van der Waals surface area (Å²) < 4.78 is 22.5. The summed E-state index contributed by atoms with van der Waals surface area (Å²) in [7, 11) is -3.03. The summed E-state index contributed by atoms with van der Waals surface area (Å²) in [5, 5.41) is 0. The van der Waals surface area contributed by atoms with Crippen LogP contribution >= 0.6 is 7.60 Å². The van der Waals surface area contributed by atoms with Crippen molar-refractivity contribution in [1.82, 2.24) is 0 Å². The van der Waals surface area contributed by atoms with E-state index in [1.807, 2.05) is 0 Å². The van der Waals surface area contributed by atoms with E-state index < -0.39 is 7.60 Å². The normalized spacial score (nSPS) is 23.0. The van der Waals surface area contributed by atoms with Gasteiger partial charge in [0.1, 0.15) is 5.78 Å². The van der Waals surface area contributed by atoms with Crippen molar-refractivity contribution < 1.29 is 18.4 Å². The number of carbonyl (C=O) groups excluding carboxylic acids is 1. The maximum atomic E-state index is 12.2. The average Bonchev–Trinajstić information content (AvgIpc) is 2.53. The molecule has 0 aliphatic heterocycles. The molecule has 1 saturated carbocycles. The Kier molecular flexibility index (Phi) is 4.30. The summed E-state index contributed by atoms with van der Waals surface area (Å²) in [5.41, 5.74) is -0.213. The largest absolute Gasteiger partial charge is 0.334 e. The highest BCUT2D eigenvalue weighted by molar-refractivity contribution is 7.54. The molecule has 4 nitrogen and oxygen atoms in total. The summed E-state index contributed by atoms with van der Waals surface area (Å²) in [5.74, 6) is 0.162. The first-order chi connectivity index (χ1) is 6.62. The fraction of sp³-hybridized carbons (Fsp3) is 0.889. The molecule has 0 bridgehead atoms. The maximum Gasteiger partial charge on any atom is 0.334 e. The van der Waals surface area contributed by atoms with Crippen LogP contribution in [0.25, 0.3) is 0 Å². The lowest BCUT2D eigenvalue weighted by molar-refractivity contribution is -0.117. The zero-order chi connectivity index (χ0) is 10.6. The smallest absolute Gasteiger partial charge is 0.309 e. The number of ketones is 1. The van der Waals surface area contributed by atoms with Gasteiger partial charge in [-0.3, -0.25) is 9.36 Å². The second kappa shape index (κ2) is 5.06. The van der Waals surface area contributed by atoms with Gasteiger partial charge in [0, 0.05) is 12.8 Å². The van der Waals surface area contributed by atoms with Crippen LogP contribution < -0.4 is 0 Å². The van der Waals surface area contributed by atoms with Crippen LogP contribution in [-0.2, 0) is 18.4 Å². The van der Waals surface area contributed by atoms with E-state index >= 15 is 0 Å². The molecule has 0 saturated heterocycles. The lowest BCUT2D eigenvalue weighted by atomic mass is 10.4. The molecule has 1 fully saturated rings. The van der Waals surface area contributed by atoms with E-state index in [4.69, 9.17) is 9.05 Å². The zero-order valence-electron chi connectivity index (χ0n) is 8.69. The quantitative estimate of drug-likeness (QED) is 0.667. The van der Waals surface area contributed by atoms with Crippen molar-refractivity contribution in [2.24, 2.45) is 0 Å². The third-order valence-corrected chi connectivity index (χ3v) is 4.86. The van der Waals surface area contributed by atoms with Crippen LogP contribution in [0.1, 0.15) is 33.1 Å². The molecule has 0 N–H and O–H groups in total. The Bertz CT molecular complexity index is 241. The van der Waals surface area contributed by atoms with Gasteiger partial charge in [-0.15, -0.1) is 0 Å². The number of Topliss-reactive ketones (excluding diaryl/α,β-unsaturated/α-hetero) is 1. The molecule has 1 aliphatic rings. The van der Waals surface area contributed by atoms with Crippen molar-refractivity contribution in [1.29, 1.82) is 0 Å². The summed E-state index contributed by atoms with van der Waals surface area (Å²) in [6.07, 6.45) is 1.49. The molecule has 82 valence electrons. The Morgan fingerprint density at radius 1 is 1.36 bits per heavy atom. The fourth-order valence-corrected chi connectivity index (χ4v) is 3.76. The third kappa shape index (κ3) is 2.66. The second-order valence-electron chi connectivity index (χ2n) is 3.31. The predicted molar refractivity (Wildman–Crippen MR) is 53.5 cm³/mol. The van der Waals surface area contributed by atoms with E-state index in [0.29, 0.717) is 32.5 Å². The molecule has 14 heavy (non-hydrogen) atoms. The van der Waals surface area contributed by atoms with Gasteiger partial charge in [0.25, 0.3) is 0 Å². The molecular weight excluding hydrogens is 203 g/mol. The molecule has 5 heteroatoms. The van der Waals surface area contributed by atoms with Gasteiger partial charge < -0.3 is 9.05 Å². The van der Waals surface area contributed by atoms with E-state index in [2.05, 4.69) is 0 Å². The molecule has 1 atom stereocenters. The van der Waals surface area contributed by atoms with E-state index in [9.17, 15) is 9.36 Å². The first-order valence-corrected chi connectivity index (χ1v) is 6.64. The Morgan fingerprint density at radius 2 is 1.93 bits per heavy atom. The maximum absolute atomic E-state index is 12.2. The van der Waals surface area contributed by atoms with Gasteiger partial charge in [-0.2, -0.15) is 0 Å². The van der Waals surface area contributed by atoms with Crippen LogP contribution in [0.4, 0.5) is 0 Å². The summed E-state index contributed by atoms with van der Waals surface area (Å²) in [6.45, 7) is 4.29. The average molecular weight is 220 g/mol. The van der Waals surface area contributed by atoms with E-state index in [0.717, 1.165) is 0 Å². The Morgan fingerprint density at radius 3 is 2.29 bits per heavy atom. The monoisotopic (exact) mass is 220 g/mol.